The Bertz CT molecular complexity index is 616. The lowest BCUT2D eigenvalue weighted by atomic mass is 10.1. The molecule has 5 heteroatoms. The van der Waals surface area contributed by atoms with Crippen molar-refractivity contribution in [2.75, 3.05) is 19.5 Å². The highest BCUT2D eigenvalue weighted by atomic mass is 35.5. The van der Waals surface area contributed by atoms with Crippen LogP contribution in [0, 0.1) is 0 Å². The van der Waals surface area contributed by atoms with Gasteiger partial charge in [-0.1, -0.05) is 30.3 Å². The maximum absolute atomic E-state index is 12.2. The SMILES string of the molecule is COc1ccc(OC)c(NC(=O)[C@@H](Cl)c2ccccc2)c1. The monoisotopic (exact) mass is 305 g/mol. The summed E-state index contributed by atoms with van der Waals surface area (Å²) < 4.78 is 10.4. The molecule has 0 radical (unpaired) electrons. The van der Waals surface area contributed by atoms with Crippen molar-refractivity contribution in [3.63, 3.8) is 0 Å². The van der Waals surface area contributed by atoms with Crippen LogP contribution in [0.4, 0.5) is 5.69 Å². The van der Waals surface area contributed by atoms with Crippen LogP contribution in [0.3, 0.4) is 0 Å². The maximum atomic E-state index is 12.2. The predicted octanol–water partition coefficient (Wildman–Crippen LogP) is 3.62. The van der Waals surface area contributed by atoms with Crippen molar-refractivity contribution in [1.29, 1.82) is 0 Å². The topological polar surface area (TPSA) is 47.6 Å². The molecular formula is C16H16ClNO3. The molecule has 1 amide bonds. The summed E-state index contributed by atoms with van der Waals surface area (Å²) in [5.41, 5.74) is 1.25. The summed E-state index contributed by atoms with van der Waals surface area (Å²) in [4.78, 5) is 12.2. The number of ether oxygens (including phenoxy) is 2. The predicted molar refractivity (Wildman–Crippen MR) is 83.2 cm³/mol. The summed E-state index contributed by atoms with van der Waals surface area (Å²) in [6.07, 6.45) is 0. The van der Waals surface area contributed by atoms with Crippen LogP contribution in [0.15, 0.2) is 48.5 Å². The molecule has 110 valence electrons. The fraction of sp³-hybridized carbons (Fsp3) is 0.188. The lowest BCUT2D eigenvalue weighted by molar-refractivity contribution is -0.116. The van der Waals surface area contributed by atoms with Crippen LogP contribution >= 0.6 is 11.6 Å². The first kappa shape index (κ1) is 15.2. The summed E-state index contributed by atoms with van der Waals surface area (Å²) in [7, 11) is 3.09. The van der Waals surface area contributed by atoms with Crippen molar-refractivity contribution < 1.29 is 14.3 Å². The summed E-state index contributed by atoms with van der Waals surface area (Å²) in [6.45, 7) is 0. The molecule has 0 saturated heterocycles. The summed E-state index contributed by atoms with van der Waals surface area (Å²) >= 11 is 6.19. The van der Waals surface area contributed by atoms with Crippen LogP contribution in [0.2, 0.25) is 0 Å². The van der Waals surface area contributed by atoms with Gasteiger partial charge < -0.3 is 14.8 Å². The molecule has 1 atom stereocenters. The number of rotatable bonds is 5. The third-order valence-corrected chi connectivity index (χ3v) is 3.44. The zero-order chi connectivity index (χ0) is 15.2. The smallest absolute Gasteiger partial charge is 0.247 e. The summed E-state index contributed by atoms with van der Waals surface area (Å²) in [5, 5.41) is 1.98. The molecule has 2 aromatic rings. The van der Waals surface area contributed by atoms with Gasteiger partial charge in [0.05, 0.1) is 19.9 Å². The number of benzene rings is 2. The Balaban J connectivity index is 2.19. The van der Waals surface area contributed by atoms with Gasteiger partial charge in [0.15, 0.2) is 0 Å². The van der Waals surface area contributed by atoms with E-state index in [0.29, 0.717) is 17.2 Å². The summed E-state index contributed by atoms with van der Waals surface area (Å²) in [5.74, 6) is 0.840. The number of hydrogen-bond donors (Lipinski definition) is 1. The minimum Gasteiger partial charge on any atom is -0.497 e. The van der Waals surface area contributed by atoms with E-state index in [1.807, 2.05) is 18.2 Å². The first-order chi connectivity index (χ1) is 10.2. The van der Waals surface area contributed by atoms with Crippen molar-refractivity contribution in [3.05, 3.63) is 54.1 Å². The second kappa shape index (κ2) is 6.99. The third kappa shape index (κ3) is 3.67. The van der Waals surface area contributed by atoms with Crippen molar-refractivity contribution >= 4 is 23.2 Å². The lowest BCUT2D eigenvalue weighted by Crippen LogP contribution is -2.17. The van der Waals surface area contributed by atoms with Gasteiger partial charge in [-0.2, -0.15) is 0 Å². The number of carbonyl (C=O) groups is 1. The van der Waals surface area contributed by atoms with E-state index in [0.717, 1.165) is 5.56 Å². The van der Waals surface area contributed by atoms with Crippen LogP contribution < -0.4 is 14.8 Å². The number of anilines is 1. The van der Waals surface area contributed by atoms with E-state index in [2.05, 4.69) is 5.32 Å². The number of halogens is 1. The molecule has 2 aromatic carbocycles. The summed E-state index contributed by atoms with van der Waals surface area (Å²) in [6, 6.07) is 14.3. The van der Waals surface area contributed by atoms with Crippen LogP contribution in [0.25, 0.3) is 0 Å². The molecule has 1 N–H and O–H groups in total. The highest BCUT2D eigenvalue weighted by molar-refractivity contribution is 6.32. The molecule has 21 heavy (non-hydrogen) atoms. The molecular weight excluding hydrogens is 290 g/mol. The number of amides is 1. The number of nitrogens with one attached hydrogen (secondary N) is 1. The van der Waals surface area contributed by atoms with Gasteiger partial charge in [-0.15, -0.1) is 11.6 Å². The molecule has 0 saturated carbocycles. The van der Waals surface area contributed by atoms with Gasteiger partial charge in [-0.05, 0) is 17.7 Å². The van der Waals surface area contributed by atoms with Crippen molar-refractivity contribution in [2.45, 2.75) is 5.38 Å². The highest BCUT2D eigenvalue weighted by Gasteiger charge is 2.19. The van der Waals surface area contributed by atoms with Gasteiger partial charge in [0.2, 0.25) is 5.91 Å². The Morgan fingerprint density at radius 3 is 2.43 bits per heavy atom. The Labute approximate surface area is 128 Å². The molecule has 0 heterocycles. The van der Waals surface area contributed by atoms with Crippen LogP contribution in [-0.2, 0) is 4.79 Å². The van der Waals surface area contributed by atoms with Gasteiger partial charge >= 0.3 is 0 Å². The van der Waals surface area contributed by atoms with Gasteiger partial charge in [0.1, 0.15) is 16.9 Å². The molecule has 0 aliphatic heterocycles. The lowest BCUT2D eigenvalue weighted by Gasteiger charge is -2.14. The molecule has 0 aliphatic carbocycles. The van der Waals surface area contributed by atoms with Gasteiger partial charge in [-0.25, -0.2) is 0 Å². The van der Waals surface area contributed by atoms with Crippen molar-refractivity contribution in [1.82, 2.24) is 0 Å². The van der Waals surface area contributed by atoms with Crippen molar-refractivity contribution in [2.24, 2.45) is 0 Å². The van der Waals surface area contributed by atoms with E-state index in [1.165, 1.54) is 7.11 Å². The average Bonchev–Trinajstić information content (AvgIpc) is 2.54. The molecule has 4 nitrogen and oxygen atoms in total. The Morgan fingerprint density at radius 2 is 1.81 bits per heavy atom. The number of alkyl halides is 1. The second-order valence-corrected chi connectivity index (χ2v) is 4.77. The number of methoxy groups -OCH3 is 2. The Hall–Kier alpha value is -2.20. The van der Waals surface area contributed by atoms with E-state index in [-0.39, 0.29) is 5.91 Å². The minimum absolute atomic E-state index is 0.325. The van der Waals surface area contributed by atoms with Gasteiger partial charge in [-0.3, -0.25) is 4.79 Å². The fourth-order valence-corrected chi connectivity index (χ4v) is 2.08. The fourth-order valence-electron chi connectivity index (χ4n) is 1.88. The van der Waals surface area contributed by atoms with E-state index >= 15 is 0 Å². The van der Waals surface area contributed by atoms with Crippen LogP contribution in [-0.4, -0.2) is 20.1 Å². The van der Waals surface area contributed by atoms with E-state index in [1.54, 1.807) is 37.4 Å². The minimum atomic E-state index is -0.776. The number of hydrogen-bond acceptors (Lipinski definition) is 3. The van der Waals surface area contributed by atoms with Gasteiger partial charge in [0, 0.05) is 6.07 Å². The first-order valence-electron chi connectivity index (χ1n) is 6.37. The van der Waals surface area contributed by atoms with Gasteiger partial charge in [0.25, 0.3) is 0 Å². The average molecular weight is 306 g/mol. The molecule has 0 unspecified atom stereocenters. The quantitative estimate of drug-likeness (QED) is 0.858. The van der Waals surface area contributed by atoms with Crippen LogP contribution in [0.1, 0.15) is 10.9 Å². The molecule has 2 rings (SSSR count). The largest absolute Gasteiger partial charge is 0.497 e. The molecule has 0 bridgehead atoms. The molecule has 0 aromatic heterocycles. The Kier molecular flexibility index (Phi) is 5.06. The molecule has 0 spiro atoms. The van der Waals surface area contributed by atoms with E-state index in [9.17, 15) is 4.79 Å². The van der Waals surface area contributed by atoms with E-state index in [4.69, 9.17) is 21.1 Å². The Morgan fingerprint density at radius 1 is 1.10 bits per heavy atom. The first-order valence-corrected chi connectivity index (χ1v) is 6.81. The zero-order valence-electron chi connectivity index (χ0n) is 11.8. The highest BCUT2D eigenvalue weighted by Crippen LogP contribution is 2.30. The third-order valence-electron chi connectivity index (χ3n) is 2.99. The molecule has 0 fully saturated rings. The van der Waals surface area contributed by atoms with E-state index < -0.39 is 5.38 Å². The maximum Gasteiger partial charge on any atom is 0.247 e. The standard InChI is InChI=1S/C16H16ClNO3/c1-20-12-8-9-14(21-2)13(10-12)18-16(19)15(17)11-6-4-3-5-7-11/h3-10,15H,1-2H3,(H,18,19)/t15-/m0/s1. The van der Waals surface area contributed by atoms with Crippen LogP contribution in [0.5, 0.6) is 11.5 Å². The number of carbonyl (C=O) groups excluding carboxylic acids is 1. The second-order valence-electron chi connectivity index (χ2n) is 4.33. The molecule has 0 aliphatic rings. The zero-order valence-corrected chi connectivity index (χ0v) is 12.6. The van der Waals surface area contributed by atoms with Crippen molar-refractivity contribution in [3.8, 4) is 11.5 Å². The normalized spacial score (nSPS) is 11.6.